The average molecular weight is 215 g/mol. The molecule has 0 aliphatic heterocycles. The van der Waals surface area contributed by atoms with Crippen LogP contribution in [0.25, 0.3) is 0 Å². The standard InChI is InChI=1S/C14H17NO/c1-11-6-3-4-7-12(11)10-13(15-2)14-8-5-9-16-14/h3-9,13,15H,10H2,1-2H3/t13-/m0/s1. The zero-order valence-electron chi connectivity index (χ0n) is 9.73. The fraction of sp³-hybridized carbons (Fsp3) is 0.286. The van der Waals surface area contributed by atoms with Crippen LogP contribution in [-0.4, -0.2) is 7.05 Å². The second-order valence-corrected chi connectivity index (χ2v) is 3.99. The molecule has 16 heavy (non-hydrogen) atoms. The van der Waals surface area contributed by atoms with Crippen LogP contribution in [0, 0.1) is 6.92 Å². The second kappa shape index (κ2) is 4.99. The van der Waals surface area contributed by atoms with Gasteiger partial charge in [0.2, 0.25) is 0 Å². The predicted octanol–water partition coefficient (Wildman–Crippen LogP) is 3.09. The highest BCUT2D eigenvalue weighted by atomic mass is 16.3. The Balaban J connectivity index is 2.17. The maximum atomic E-state index is 5.44. The van der Waals surface area contributed by atoms with Gasteiger partial charge in [0.1, 0.15) is 5.76 Å². The van der Waals surface area contributed by atoms with Gasteiger partial charge in [0.15, 0.2) is 0 Å². The lowest BCUT2D eigenvalue weighted by Crippen LogP contribution is -2.18. The molecular formula is C14H17NO. The van der Waals surface area contributed by atoms with Crippen molar-refractivity contribution in [1.29, 1.82) is 0 Å². The molecule has 0 fully saturated rings. The van der Waals surface area contributed by atoms with Gasteiger partial charge in [-0.1, -0.05) is 24.3 Å². The number of hydrogen-bond acceptors (Lipinski definition) is 2. The first kappa shape index (κ1) is 11.0. The zero-order valence-corrected chi connectivity index (χ0v) is 9.73. The summed E-state index contributed by atoms with van der Waals surface area (Å²) in [6.45, 7) is 2.14. The van der Waals surface area contributed by atoms with Crippen LogP contribution in [0.1, 0.15) is 22.9 Å². The fourth-order valence-corrected chi connectivity index (χ4v) is 1.89. The molecule has 0 amide bonds. The molecule has 0 saturated carbocycles. The topological polar surface area (TPSA) is 25.2 Å². The average Bonchev–Trinajstić information content (AvgIpc) is 2.81. The van der Waals surface area contributed by atoms with Gasteiger partial charge in [-0.25, -0.2) is 0 Å². The number of aryl methyl sites for hydroxylation is 1. The van der Waals surface area contributed by atoms with Gasteiger partial charge in [0.05, 0.1) is 12.3 Å². The predicted molar refractivity (Wildman–Crippen MR) is 65.4 cm³/mol. The van der Waals surface area contributed by atoms with Crippen LogP contribution < -0.4 is 5.32 Å². The molecule has 0 bridgehead atoms. The third-order valence-electron chi connectivity index (χ3n) is 2.92. The van der Waals surface area contributed by atoms with E-state index in [4.69, 9.17) is 4.42 Å². The molecule has 1 atom stereocenters. The number of likely N-dealkylation sites (N-methyl/N-ethyl adjacent to an activating group) is 1. The molecule has 2 aromatic rings. The Morgan fingerprint density at radius 2 is 2.00 bits per heavy atom. The molecule has 0 aliphatic rings. The van der Waals surface area contributed by atoms with E-state index in [1.54, 1.807) is 6.26 Å². The SMILES string of the molecule is CN[C@@H](Cc1ccccc1C)c1ccco1. The van der Waals surface area contributed by atoms with E-state index in [-0.39, 0.29) is 6.04 Å². The lowest BCUT2D eigenvalue weighted by Gasteiger charge is -2.15. The van der Waals surface area contributed by atoms with Gasteiger partial charge in [-0.15, -0.1) is 0 Å². The first-order chi connectivity index (χ1) is 7.81. The number of furan rings is 1. The normalized spacial score (nSPS) is 12.6. The molecule has 2 rings (SSSR count). The van der Waals surface area contributed by atoms with Crippen molar-refractivity contribution in [2.45, 2.75) is 19.4 Å². The van der Waals surface area contributed by atoms with Crippen molar-refractivity contribution < 1.29 is 4.42 Å². The van der Waals surface area contributed by atoms with Gasteiger partial charge >= 0.3 is 0 Å². The lowest BCUT2D eigenvalue weighted by molar-refractivity contribution is 0.429. The minimum Gasteiger partial charge on any atom is -0.468 e. The molecular weight excluding hydrogens is 198 g/mol. The van der Waals surface area contributed by atoms with E-state index in [9.17, 15) is 0 Å². The number of hydrogen-bond donors (Lipinski definition) is 1. The van der Waals surface area contributed by atoms with Gasteiger partial charge in [0, 0.05) is 0 Å². The van der Waals surface area contributed by atoms with Crippen molar-refractivity contribution in [3.05, 3.63) is 59.5 Å². The first-order valence-corrected chi connectivity index (χ1v) is 5.56. The lowest BCUT2D eigenvalue weighted by atomic mass is 10.00. The summed E-state index contributed by atoms with van der Waals surface area (Å²) in [7, 11) is 1.96. The molecule has 0 spiro atoms. The molecule has 1 heterocycles. The Labute approximate surface area is 96.3 Å². The van der Waals surface area contributed by atoms with Crippen LogP contribution in [0.2, 0.25) is 0 Å². The fourth-order valence-electron chi connectivity index (χ4n) is 1.89. The minimum absolute atomic E-state index is 0.246. The summed E-state index contributed by atoms with van der Waals surface area (Å²) in [4.78, 5) is 0. The summed E-state index contributed by atoms with van der Waals surface area (Å²) < 4.78 is 5.44. The molecule has 2 nitrogen and oxygen atoms in total. The van der Waals surface area contributed by atoms with Crippen molar-refractivity contribution in [3.8, 4) is 0 Å². The molecule has 0 radical (unpaired) electrons. The van der Waals surface area contributed by atoms with Crippen molar-refractivity contribution in [3.63, 3.8) is 0 Å². The molecule has 0 unspecified atom stereocenters. The minimum atomic E-state index is 0.246. The van der Waals surface area contributed by atoms with E-state index in [2.05, 4.69) is 36.5 Å². The van der Waals surface area contributed by atoms with Crippen LogP contribution in [0.4, 0.5) is 0 Å². The van der Waals surface area contributed by atoms with E-state index in [0.29, 0.717) is 0 Å². The summed E-state index contributed by atoms with van der Waals surface area (Å²) in [6, 6.07) is 12.7. The number of rotatable bonds is 4. The molecule has 0 saturated heterocycles. The molecule has 1 N–H and O–H groups in total. The summed E-state index contributed by atoms with van der Waals surface area (Å²) in [5.41, 5.74) is 2.69. The molecule has 84 valence electrons. The van der Waals surface area contributed by atoms with Crippen LogP contribution >= 0.6 is 0 Å². The van der Waals surface area contributed by atoms with Crippen LogP contribution in [0.15, 0.2) is 47.1 Å². The van der Waals surface area contributed by atoms with Crippen LogP contribution in [0.5, 0.6) is 0 Å². The number of benzene rings is 1. The Hall–Kier alpha value is -1.54. The monoisotopic (exact) mass is 215 g/mol. The Morgan fingerprint density at radius 1 is 1.19 bits per heavy atom. The smallest absolute Gasteiger partial charge is 0.121 e. The number of nitrogens with one attached hydrogen (secondary N) is 1. The highest BCUT2D eigenvalue weighted by Gasteiger charge is 2.13. The largest absolute Gasteiger partial charge is 0.468 e. The van der Waals surface area contributed by atoms with Crippen molar-refractivity contribution >= 4 is 0 Å². The maximum absolute atomic E-state index is 5.44. The third kappa shape index (κ3) is 2.34. The van der Waals surface area contributed by atoms with Crippen molar-refractivity contribution in [2.24, 2.45) is 0 Å². The summed E-state index contributed by atoms with van der Waals surface area (Å²) in [5.74, 6) is 0.991. The Morgan fingerprint density at radius 3 is 2.62 bits per heavy atom. The van der Waals surface area contributed by atoms with Gasteiger partial charge in [0.25, 0.3) is 0 Å². The maximum Gasteiger partial charge on any atom is 0.121 e. The third-order valence-corrected chi connectivity index (χ3v) is 2.92. The Bertz CT molecular complexity index is 434. The van der Waals surface area contributed by atoms with Crippen LogP contribution in [-0.2, 0) is 6.42 Å². The summed E-state index contributed by atoms with van der Waals surface area (Å²) in [5, 5.41) is 3.29. The van der Waals surface area contributed by atoms with Gasteiger partial charge < -0.3 is 9.73 Å². The second-order valence-electron chi connectivity index (χ2n) is 3.99. The summed E-state index contributed by atoms with van der Waals surface area (Å²) >= 11 is 0. The molecule has 2 heteroatoms. The van der Waals surface area contributed by atoms with E-state index in [1.807, 2.05) is 19.2 Å². The van der Waals surface area contributed by atoms with Gasteiger partial charge in [-0.2, -0.15) is 0 Å². The summed E-state index contributed by atoms with van der Waals surface area (Å²) in [6.07, 6.45) is 2.67. The van der Waals surface area contributed by atoms with E-state index >= 15 is 0 Å². The highest BCUT2D eigenvalue weighted by molar-refractivity contribution is 5.27. The van der Waals surface area contributed by atoms with E-state index in [0.717, 1.165) is 12.2 Å². The highest BCUT2D eigenvalue weighted by Crippen LogP contribution is 2.20. The molecule has 1 aromatic carbocycles. The van der Waals surface area contributed by atoms with Gasteiger partial charge in [-0.05, 0) is 43.7 Å². The van der Waals surface area contributed by atoms with Crippen LogP contribution in [0.3, 0.4) is 0 Å². The van der Waals surface area contributed by atoms with E-state index < -0.39 is 0 Å². The zero-order chi connectivity index (χ0) is 11.4. The quantitative estimate of drug-likeness (QED) is 0.847. The first-order valence-electron chi connectivity index (χ1n) is 5.56. The Kier molecular flexibility index (Phi) is 3.42. The van der Waals surface area contributed by atoms with Crippen molar-refractivity contribution in [2.75, 3.05) is 7.05 Å². The molecule has 0 aliphatic carbocycles. The van der Waals surface area contributed by atoms with E-state index in [1.165, 1.54) is 11.1 Å². The van der Waals surface area contributed by atoms with Gasteiger partial charge in [-0.3, -0.25) is 0 Å². The van der Waals surface area contributed by atoms with Crippen molar-refractivity contribution in [1.82, 2.24) is 5.32 Å². The molecule has 1 aromatic heterocycles.